The third-order valence-electron chi connectivity index (χ3n) is 10.6. The van der Waals surface area contributed by atoms with E-state index in [1.54, 1.807) is 61.6 Å². The quantitative estimate of drug-likeness (QED) is 0.120. The smallest absolute Gasteiger partial charge is 0.272 e. The summed E-state index contributed by atoms with van der Waals surface area (Å²) < 4.78 is 33.9. The van der Waals surface area contributed by atoms with Crippen molar-refractivity contribution in [3.63, 3.8) is 0 Å². The van der Waals surface area contributed by atoms with Crippen molar-refractivity contribution in [2.45, 2.75) is 39.9 Å². The largest absolute Gasteiger partial charge is 0.351 e. The van der Waals surface area contributed by atoms with E-state index in [2.05, 4.69) is 34.1 Å². The van der Waals surface area contributed by atoms with Crippen LogP contribution in [0.5, 0.6) is 0 Å². The second-order valence-corrected chi connectivity index (χ2v) is 15.4. The number of hydrogen-bond acceptors (Lipinski definition) is 7. The summed E-state index contributed by atoms with van der Waals surface area (Å²) in [5.41, 5.74) is 7.53. The van der Waals surface area contributed by atoms with E-state index >= 15 is 0 Å². The van der Waals surface area contributed by atoms with Gasteiger partial charge in [-0.1, -0.05) is 67.6 Å². The Bertz CT molecular complexity index is 3010. The number of aromatic amines is 1. The summed E-state index contributed by atoms with van der Waals surface area (Å²) in [4.78, 5) is 45.1. The number of benzene rings is 5. The first-order chi connectivity index (χ1) is 30.1. The summed E-state index contributed by atoms with van der Waals surface area (Å²) in [7, 11) is 0. The molecule has 9 aromatic rings. The summed E-state index contributed by atoms with van der Waals surface area (Å²) in [6.45, 7) is 6.24. The lowest BCUT2D eigenvalue weighted by Crippen LogP contribution is -2.44. The van der Waals surface area contributed by atoms with Gasteiger partial charge in [0.25, 0.3) is 5.91 Å². The van der Waals surface area contributed by atoms with E-state index in [0.29, 0.717) is 34.5 Å². The fourth-order valence-electron chi connectivity index (χ4n) is 7.64. The number of rotatable bonds is 13. The Balaban J connectivity index is 0.982. The third kappa shape index (κ3) is 7.92. The van der Waals surface area contributed by atoms with E-state index in [1.807, 2.05) is 91.1 Å². The number of nitrogens with zero attached hydrogens (tertiary/aromatic N) is 11. The topological polar surface area (TPSA) is 140 Å². The fraction of sp³-hybridized carbons (Fsp3) is 0.174. The predicted octanol–water partition coefficient (Wildman–Crippen LogP) is 7.40. The van der Waals surface area contributed by atoms with Gasteiger partial charge in [-0.15, -0.1) is 9.78 Å². The SMILES string of the molecule is CC(C)CN(C(=O)Cn1nnc2ccccc21)c1ccc(-c2cn(-[n+]3nn(CC(=O)N(c4ccc(-c5c[nH]cn5)cc4)C(C)c4cc(F)cc(F)c4)c4ccccc43)cn2)cc1. The van der Waals surface area contributed by atoms with Crippen LogP contribution in [0, 0.1) is 17.6 Å². The molecular weight excluding hydrogens is 791 g/mol. The molecule has 0 bridgehead atoms. The van der Waals surface area contributed by atoms with E-state index in [0.717, 1.165) is 39.6 Å². The maximum absolute atomic E-state index is 14.5. The zero-order chi connectivity index (χ0) is 42.9. The Hall–Kier alpha value is -7.88. The molecule has 0 fully saturated rings. The maximum Gasteiger partial charge on any atom is 0.272 e. The highest BCUT2D eigenvalue weighted by Crippen LogP contribution is 2.31. The highest BCUT2D eigenvalue weighted by molar-refractivity contribution is 5.95. The summed E-state index contributed by atoms with van der Waals surface area (Å²) in [5, 5.41) is 13.3. The Morgan fingerprint density at radius 3 is 2.11 bits per heavy atom. The van der Waals surface area contributed by atoms with Gasteiger partial charge in [0.05, 0.1) is 35.5 Å². The number of amides is 2. The van der Waals surface area contributed by atoms with Gasteiger partial charge < -0.3 is 14.8 Å². The van der Waals surface area contributed by atoms with Crippen molar-refractivity contribution < 1.29 is 23.2 Å². The first-order valence-electron chi connectivity index (χ1n) is 20.1. The van der Waals surface area contributed by atoms with Gasteiger partial charge in [0.1, 0.15) is 35.2 Å². The molecule has 16 heteroatoms. The van der Waals surface area contributed by atoms with Gasteiger partial charge in [-0.3, -0.25) is 9.59 Å². The van der Waals surface area contributed by atoms with Gasteiger partial charge in [-0.05, 0) is 83.9 Å². The van der Waals surface area contributed by atoms with Crippen LogP contribution in [-0.4, -0.2) is 62.9 Å². The molecule has 5 aromatic carbocycles. The highest BCUT2D eigenvalue weighted by Gasteiger charge is 2.30. The molecule has 4 aromatic heterocycles. The normalized spacial score (nSPS) is 12.0. The van der Waals surface area contributed by atoms with E-state index < -0.39 is 17.7 Å². The molecule has 4 heterocycles. The van der Waals surface area contributed by atoms with Crippen LogP contribution >= 0.6 is 0 Å². The van der Waals surface area contributed by atoms with Crippen molar-refractivity contribution in [1.82, 2.24) is 44.5 Å². The number of nitrogens with one attached hydrogen (secondary N) is 1. The molecule has 14 nitrogen and oxygen atoms in total. The molecule has 0 aliphatic heterocycles. The van der Waals surface area contributed by atoms with Crippen LogP contribution < -0.4 is 14.6 Å². The van der Waals surface area contributed by atoms with E-state index in [9.17, 15) is 18.4 Å². The number of imidazole rings is 2. The van der Waals surface area contributed by atoms with Crippen molar-refractivity contribution in [2.24, 2.45) is 5.92 Å². The number of halogens is 2. The monoisotopic (exact) mass is 831 g/mol. The van der Waals surface area contributed by atoms with Gasteiger partial charge >= 0.3 is 0 Å². The summed E-state index contributed by atoms with van der Waals surface area (Å²) in [6.07, 6.45) is 6.82. The molecular formula is C46H41F2N12O2+. The lowest BCUT2D eigenvalue weighted by Gasteiger charge is -2.29. The summed E-state index contributed by atoms with van der Waals surface area (Å²) in [6, 6.07) is 32.5. The zero-order valence-corrected chi connectivity index (χ0v) is 34.0. The molecule has 62 heavy (non-hydrogen) atoms. The molecule has 310 valence electrons. The second kappa shape index (κ2) is 16.6. The molecule has 2 amide bonds. The van der Waals surface area contributed by atoms with Crippen molar-refractivity contribution >= 4 is 45.3 Å². The number of aromatic nitrogens is 10. The number of anilines is 2. The average Bonchev–Trinajstić information content (AvgIpc) is 4.11. The van der Waals surface area contributed by atoms with Gasteiger partial charge in [0.2, 0.25) is 16.9 Å². The maximum atomic E-state index is 14.5. The molecule has 1 atom stereocenters. The third-order valence-corrected chi connectivity index (χ3v) is 10.6. The van der Waals surface area contributed by atoms with Gasteiger partial charge in [-0.25, -0.2) is 23.4 Å². The minimum Gasteiger partial charge on any atom is -0.351 e. The number of carbonyl (C=O) groups is 2. The summed E-state index contributed by atoms with van der Waals surface area (Å²) in [5.74, 6) is -1.72. The summed E-state index contributed by atoms with van der Waals surface area (Å²) >= 11 is 0. The minimum atomic E-state index is -0.745. The molecule has 0 saturated heterocycles. The number of H-pyrrole nitrogens is 1. The van der Waals surface area contributed by atoms with Crippen LogP contribution in [0.2, 0.25) is 0 Å². The van der Waals surface area contributed by atoms with Crippen LogP contribution in [0.4, 0.5) is 20.2 Å². The number of para-hydroxylation sites is 3. The molecule has 0 spiro atoms. The fourth-order valence-corrected chi connectivity index (χ4v) is 7.64. The van der Waals surface area contributed by atoms with Crippen molar-refractivity contribution in [3.8, 4) is 22.5 Å². The average molecular weight is 832 g/mol. The Labute approximate surface area is 354 Å². The number of hydrogen-bond donors (Lipinski definition) is 1. The molecule has 9 rings (SSSR count). The van der Waals surface area contributed by atoms with Crippen molar-refractivity contribution in [2.75, 3.05) is 16.3 Å². The Kier molecular flexibility index (Phi) is 10.6. The molecule has 0 aliphatic carbocycles. The minimum absolute atomic E-state index is 0.0482. The second-order valence-electron chi connectivity index (χ2n) is 15.4. The lowest BCUT2D eigenvalue weighted by atomic mass is 10.0. The molecule has 0 radical (unpaired) electrons. The van der Waals surface area contributed by atoms with Crippen LogP contribution in [0.15, 0.2) is 140 Å². The van der Waals surface area contributed by atoms with Crippen LogP contribution in [0.1, 0.15) is 32.4 Å². The molecule has 0 saturated carbocycles. The predicted molar refractivity (Wildman–Crippen MR) is 229 cm³/mol. The lowest BCUT2D eigenvalue weighted by molar-refractivity contribution is -0.762. The van der Waals surface area contributed by atoms with Gasteiger partial charge in [0, 0.05) is 41.3 Å². The van der Waals surface area contributed by atoms with E-state index in [4.69, 9.17) is 10.2 Å². The van der Waals surface area contributed by atoms with Gasteiger partial charge in [0.15, 0.2) is 6.54 Å². The first kappa shape index (κ1) is 39.6. The number of carbonyl (C=O) groups excluding carboxylic acids is 2. The van der Waals surface area contributed by atoms with Crippen molar-refractivity contribution in [1.29, 1.82) is 0 Å². The molecule has 0 aliphatic rings. The van der Waals surface area contributed by atoms with Crippen LogP contribution in [0.25, 0.3) is 44.6 Å². The zero-order valence-electron chi connectivity index (χ0n) is 34.0. The Morgan fingerprint density at radius 1 is 0.742 bits per heavy atom. The van der Waals surface area contributed by atoms with Crippen LogP contribution in [0.3, 0.4) is 0 Å². The van der Waals surface area contributed by atoms with Crippen molar-refractivity contribution in [3.05, 3.63) is 158 Å². The van der Waals surface area contributed by atoms with Crippen LogP contribution in [-0.2, 0) is 22.7 Å². The standard InChI is InChI=1S/C46H41F2N12O2/c1-30(2)24-56(45(61)26-57-42-9-5-4-8-39(42)52-53-57)37-16-12-33(13-17-37)41-25-55(29-51-41)60-44-11-7-6-10-43(44)58(54-60)27-46(62)59(31(3)34-20-35(47)22-36(48)21-34)38-18-14-32(15-19-38)40-23-49-28-50-40/h4-23,25,28-31H,24,26-27H2,1-3H3,(H,49,50)/q+1. The molecule has 1 N–H and O–H groups in total. The Morgan fingerprint density at radius 2 is 1.40 bits per heavy atom. The molecule has 1 unspecified atom stereocenters. The van der Waals surface area contributed by atoms with Gasteiger partial charge in [-0.2, -0.15) is 4.68 Å². The first-order valence-corrected chi connectivity index (χ1v) is 20.1. The van der Waals surface area contributed by atoms with E-state index in [-0.39, 0.29) is 30.8 Å². The van der Waals surface area contributed by atoms with E-state index in [1.165, 1.54) is 17.0 Å². The highest BCUT2D eigenvalue weighted by atomic mass is 19.1. The number of fused-ring (bicyclic) bond motifs is 2.